The molecular weight excluding hydrogens is 339 g/mol. The van der Waals surface area contributed by atoms with Crippen molar-refractivity contribution in [3.63, 3.8) is 0 Å². The SMILES string of the molecule is CC(=O)N1CCC(Nc2cc(I)ccc2C)CC1. The summed E-state index contributed by atoms with van der Waals surface area (Å²) < 4.78 is 1.25. The van der Waals surface area contributed by atoms with E-state index in [9.17, 15) is 4.79 Å². The topological polar surface area (TPSA) is 32.3 Å². The van der Waals surface area contributed by atoms with Gasteiger partial charge in [-0.25, -0.2) is 0 Å². The number of aryl methyl sites for hydroxylation is 1. The van der Waals surface area contributed by atoms with Gasteiger partial charge in [-0.2, -0.15) is 0 Å². The molecule has 3 nitrogen and oxygen atoms in total. The average molecular weight is 358 g/mol. The normalized spacial score (nSPS) is 16.7. The fourth-order valence-electron chi connectivity index (χ4n) is 2.31. The highest BCUT2D eigenvalue weighted by Crippen LogP contribution is 2.22. The van der Waals surface area contributed by atoms with Gasteiger partial charge in [0, 0.05) is 35.3 Å². The molecule has 1 saturated heterocycles. The van der Waals surface area contributed by atoms with Gasteiger partial charge in [0.25, 0.3) is 0 Å². The molecule has 0 aromatic heterocycles. The van der Waals surface area contributed by atoms with Crippen molar-refractivity contribution in [3.8, 4) is 0 Å². The number of piperidine rings is 1. The molecule has 1 aromatic rings. The highest BCUT2D eigenvalue weighted by Gasteiger charge is 2.20. The minimum Gasteiger partial charge on any atom is -0.382 e. The predicted molar refractivity (Wildman–Crippen MR) is 82.8 cm³/mol. The minimum atomic E-state index is 0.193. The van der Waals surface area contributed by atoms with Gasteiger partial charge in [0.1, 0.15) is 0 Å². The summed E-state index contributed by atoms with van der Waals surface area (Å²) in [4.78, 5) is 13.2. The second-order valence-electron chi connectivity index (χ2n) is 4.88. The number of nitrogens with one attached hydrogen (secondary N) is 1. The third-order valence-electron chi connectivity index (χ3n) is 3.50. The number of nitrogens with zero attached hydrogens (tertiary/aromatic N) is 1. The second-order valence-corrected chi connectivity index (χ2v) is 6.13. The van der Waals surface area contributed by atoms with Crippen LogP contribution >= 0.6 is 22.6 Å². The molecule has 1 fully saturated rings. The van der Waals surface area contributed by atoms with E-state index in [4.69, 9.17) is 0 Å². The Morgan fingerprint density at radius 1 is 1.39 bits per heavy atom. The van der Waals surface area contributed by atoms with Crippen molar-refractivity contribution in [1.82, 2.24) is 4.90 Å². The zero-order chi connectivity index (χ0) is 13.1. The molecule has 2 rings (SSSR count). The van der Waals surface area contributed by atoms with E-state index in [0.717, 1.165) is 25.9 Å². The molecular formula is C14H19IN2O. The zero-order valence-electron chi connectivity index (χ0n) is 10.9. The standard InChI is InChI=1S/C14H19IN2O/c1-10-3-4-12(15)9-14(10)16-13-5-7-17(8-6-13)11(2)18/h3-4,9,13,16H,5-8H2,1-2H3. The van der Waals surface area contributed by atoms with E-state index in [2.05, 4.69) is 53.0 Å². The number of likely N-dealkylation sites (tertiary alicyclic amines) is 1. The van der Waals surface area contributed by atoms with E-state index in [1.807, 2.05) is 4.90 Å². The maximum Gasteiger partial charge on any atom is 0.219 e. The van der Waals surface area contributed by atoms with Gasteiger partial charge in [0.15, 0.2) is 0 Å². The first kappa shape index (κ1) is 13.6. The number of anilines is 1. The number of carbonyl (C=O) groups is 1. The molecule has 0 spiro atoms. The predicted octanol–water partition coefficient (Wildman–Crippen LogP) is 3.02. The van der Waals surface area contributed by atoms with Gasteiger partial charge in [0.2, 0.25) is 5.91 Å². The molecule has 0 saturated carbocycles. The van der Waals surface area contributed by atoms with Crippen molar-refractivity contribution in [2.24, 2.45) is 0 Å². The fraction of sp³-hybridized carbons (Fsp3) is 0.500. The monoisotopic (exact) mass is 358 g/mol. The third-order valence-corrected chi connectivity index (χ3v) is 4.17. The molecule has 98 valence electrons. The van der Waals surface area contributed by atoms with Crippen LogP contribution in [0.4, 0.5) is 5.69 Å². The Bertz CT molecular complexity index is 439. The maximum atomic E-state index is 11.3. The third kappa shape index (κ3) is 3.37. The lowest BCUT2D eigenvalue weighted by Crippen LogP contribution is -2.41. The summed E-state index contributed by atoms with van der Waals surface area (Å²) in [6, 6.07) is 6.94. The molecule has 18 heavy (non-hydrogen) atoms. The van der Waals surface area contributed by atoms with Gasteiger partial charge < -0.3 is 10.2 Å². The number of carbonyl (C=O) groups excluding carboxylic acids is 1. The summed E-state index contributed by atoms with van der Waals surface area (Å²) >= 11 is 2.34. The molecule has 1 aromatic carbocycles. The molecule has 0 radical (unpaired) electrons. The van der Waals surface area contributed by atoms with Crippen molar-refractivity contribution in [2.75, 3.05) is 18.4 Å². The van der Waals surface area contributed by atoms with E-state index in [-0.39, 0.29) is 5.91 Å². The van der Waals surface area contributed by atoms with Crippen LogP contribution in [0.3, 0.4) is 0 Å². The lowest BCUT2D eigenvalue weighted by molar-refractivity contribution is -0.129. The number of rotatable bonds is 2. The van der Waals surface area contributed by atoms with E-state index in [1.165, 1.54) is 14.8 Å². The van der Waals surface area contributed by atoms with E-state index in [0.29, 0.717) is 6.04 Å². The van der Waals surface area contributed by atoms with Crippen molar-refractivity contribution in [2.45, 2.75) is 32.7 Å². The minimum absolute atomic E-state index is 0.193. The number of hydrogen-bond acceptors (Lipinski definition) is 2. The van der Waals surface area contributed by atoms with Gasteiger partial charge in [-0.1, -0.05) is 6.07 Å². The maximum absolute atomic E-state index is 11.3. The zero-order valence-corrected chi connectivity index (χ0v) is 13.0. The van der Waals surface area contributed by atoms with Crippen LogP contribution in [-0.4, -0.2) is 29.9 Å². The van der Waals surface area contributed by atoms with Crippen LogP contribution in [0, 0.1) is 10.5 Å². The lowest BCUT2D eigenvalue weighted by Gasteiger charge is -2.32. The van der Waals surface area contributed by atoms with E-state index in [1.54, 1.807) is 6.92 Å². The van der Waals surface area contributed by atoms with Crippen LogP contribution in [0.1, 0.15) is 25.3 Å². The smallest absolute Gasteiger partial charge is 0.219 e. The molecule has 1 amide bonds. The molecule has 0 bridgehead atoms. The van der Waals surface area contributed by atoms with Crippen LogP contribution in [-0.2, 0) is 4.79 Å². The van der Waals surface area contributed by atoms with Crippen LogP contribution in [0.25, 0.3) is 0 Å². The number of hydrogen-bond donors (Lipinski definition) is 1. The van der Waals surface area contributed by atoms with Gasteiger partial charge in [-0.15, -0.1) is 0 Å². The van der Waals surface area contributed by atoms with Crippen LogP contribution in [0.15, 0.2) is 18.2 Å². The molecule has 0 atom stereocenters. The van der Waals surface area contributed by atoms with Crippen LogP contribution in [0.5, 0.6) is 0 Å². The molecule has 4 heteroatoms. The average Bonchev–Trinajstić information content (AvgIpc) is 2.34. The molecule has 1 heterocycles. The summed E-state index contributed by atoms with van der Waals surface area (Å²) in [5, 5.41) is 3.61. The first-order chi connectivity index (χ1) is 8.56. The molecule has 0 aliphatic carbocycles. The summed E-state index contributed by atoms with van der Waals surface area (Å²) in [5.41, 5.74) is 2.51. The Balaban J connectivity index is 1.95. The molecule has 0 unspecified atom stereocenters. The first-order valence-corrected chi connectivity index (χ1v) is 7.42. The highest BCUT2D eigenvalue weighted by molar-refractivity contribution is 14.1. The molecule has 1 aliphatic rings. The van der Waals surface area contributed by atoms with Crippen molar-refractivity contribution >= 4 is 34.2 Å². The number of benzene rings is 1. The van der Waals surface area contributed by atoms with Gasteiger partial charge in [-0.3, -0.25) is 4.79 Å². The Morgan fingerprint density at radius 3 is 2.67 bits per heavy atom. The summed E-state index contributed by atoms with van der Waals surface area (Å²) in [6.45, 7) is 5.52. The van der Waals surface area contributed by atoms with Gasteiger partial charge in [-0.05, 0) is 60.1 Å². The van der Waals surface area contributed by atoms with Crippen LogP contribution < -0.4 is 5.32 Å². The largest absolute Gasteiger partial charge is 0.382 e. The second kappa shape index (κ2) is 5.91. The highest BCUT2D eigenvalue weighted by atomic mass is 127. The fourth-order valence-corrected chi connectivity index (χ4v) is 2.80. The summed E-state index contributed by atoms with van der Waals surface area (Å²) in [7, 11) is 0. The van der Waals surface area contributed by atoms with Crippen LogP contribution in [0.2, 0.25) is 0 Å². The Hall–Kier alpha value is -0.780. The van der Waals surface area contributed by atoms with Crippen molar-refractivity contribution < 1.29 is 4.79 Å². The Morgan fingerprint density at radius 2 is 2.06 bits per heavy atom. The molecule has 1 aliphatic heterocycles. The van der Waals surface area contributed by atoms with Gasteiger partial charge in [0.05, 0.1) is 0 Å². The van der Waals surface area contributed by atoms with E-state index < -0.39 is 0 Å². The Kier molecular flexibility index (Phi) is 4.48. The van der Waals surface area contributed by atoms with Crippen molar-refractivity contribution in [3.05, 3.63) is 27.3 Å². The van der Waals surface area contributed by atoms with Gasteiger partial charge >= 0.3 is 0 Å². The quantitative estimate of drug-likeness (QED) is 0.825. The molecule has 1 N–H and O–H groups in total. The summed E-state index contributed by atoms with van der Waals surface area (Å²) in [5.74, 6) is 0.193. The van der Waals surface area contributed by atoms with Crippen molar-refractivity contribution in [1.29, 1.82) is 0 Å². The lowest BCUT2D eigenvalue weighted by atomic mass is 10.0. The number of halogens is 1. The summed E-state index contributed by atoms with van der Waals surface area (Å²) in [6.07, 6.45) is 2.06. The van der Waals surface area contributed by atoms with E-state index >= 15 is 0 Å². The number of amides is 1. The Labute approximate surface area is 122 Å². The first-order valence-electron chi connectivity index (χ1n) is 6.34.